The normalized spacial score (nSPS) is 44.6. The van der Waals surface area contributed by atoms with Crippen LogP contribution in [0, 0.1) is 41.4 Å². The molecule has 0 aromatic carbocycles. The zero-order valence-corrected chi connectivity index (χ0v) is 34.5. The molecule has 4 fully saturated rings. The number of fused-ring (bicyclic) bond motifs is 6. The van der Waals surface area contributed by atoms with Gasteiger partial charge in [-0.05, 0) is 94.8 Å². The van der Waals surface area contributed by atoms with Crippen LogP contribution in [0.25, 0.3) is 0 Å². The minimum absolute atomic E-state index is 0.00339. The first-order valence-electron chi connectivity index (χ1n) is 20.8. The monoisotopic (exact) mass is 789 g/mol. The molecule has 13 nitrogen and oxygen atoms in total. The number of hydrogen-bond donors (Lipinski definition) is 3. The maximum Gasteiger partial charge on any atom is 0.329 e. The summed E-state index contributed by atoms with van der Waals surface area (Å²) in [5, 5.41) is 35.3. The molecular weight excluding hydrogens is 722 g/mol. The van der Waals surface area contributed by atoms with E-state index >= 15 is 0 Å². The summed E-state index contributed by atoms with van der Waals surface area (Å²) in [4.78, 5) is 58.2. The number of ether oxygens (including phenoxy) is 5. The number of carbonyl (C=O) groups excluding carboxylic acids is 4. The Labute approximate surface area is 332 Å². The maximum absolute atomic E-state index is 14.4. The third kappa shape index (κ3) is 9.19. The Hall–Kier alpha value is -2.52. The van der Waals surface area contributed by atoms with Crippen LogP contribution in [0.3, 0.4) is 0 Å². The van der Waals surface area contributed by atoms with Crippen molar-refractivity contribution in [1.82, 2.24) is 4.90 Å². The highest BCUT2D eigenvalue weighted by molar-refractivity contribution is 6.39. The number of aliphatic hydroxyl groups excluding tert-OH is 2. The molecule has 2 bridgehead atoms. The number of allylic oxidation sites excluding steroid dienone is 3. The number of rotatable bonds is 5. The second-order valence-corrected chi connectivity index (χ2v) is 17.6. The van der Waals surface area contributed by atoms with Crippen molar-refractivity contribution >= 4 is 23.4 Å². The molecule has 3 heterocycles. The molecule has 0 spiro atoms. The van der Waals surface area contributed by atoms with Crippen LogP contribution in [0.2, 0.25) is 0 Å². The van der Waals surface area contributed by atoms with Gasteiger partial charge in [-0.2, -0.15) is 0 Å². The second-order valence-electron chi connectivity index (χ2n) is 17.6. The van der Waals surface area contributed by atoms with Crippen LogP contribution in [0.1, 0.15) is 98.3 Å². The van der Waals surface area contributed by atoms with Crippen LogP contribution in [0.4, 0.5) is 0 Å². The van der Waals surface area contributed by atoms with Crippen LogP contribution < -0.4 is 0 Å². The van der Waals surface area contributed by atoms with Crippen LogP contribution in [-0.2, 0) is 42.9 Å². The average molecular weight is 790 g/mol. The Morgan fingerprint density at radius 3 is 2.25 bits per heavy atom. The number of carbonyl (C=O) groups is 4. The van der Waals surface area contributed by atoms with Gasteiger partial charge in [0.2, 0.25) is 5.79 Å². The lowest BCUT2D eigenvalue weighted by atomic mass is 9.58. The van der Waals surface area contributed by atoms with Gasteiger partial charge in [0.25, 0.3) is 11.7 Å². The number of hydrogen-bond acceptors (Lipinski definition) is 12. The van der Waals surface area contributed by atoms with Gasteiger partial charge in [-0.3, -0.25) is 14.4 Å². The van der Waals surface area contributed by atoms with Gasteiger partial charge < -0.3 is 43.9 Å². The van der Waals surface area contributed by atoms with E-state index in [1.165, 1.54) is 26.2 Å². The van der Waals surface area contributed by atoms with Crippen molar-refractivity contribution < 1.29 is 58.2 Å². The van der Waals surface area contributed by atoms with E-state index in [9.17, 15) is 34.5 Å². The quantitative estimate of drug-likeness (QED) is 0.208. The summed E-state index contributed by atoms with van der Waals surface area (Å²) in [6.45, 7) is 11.6. The fraction of sp³-hybridized carbons (Fsp3) is 0.814. The second kappa shape index (κ2) is 19.0. The number of aliphatic hydroxyl groups is 3. The molecule has 2 saturated heterocycles. The van der Waals surface area contributed by atoms with Crippen molar-refractivity contribution in [2.75, 3.05) is 27.9 Å². The summed E-state index contributed by atoms with van der Waals surface area (Å²) >= 11 is 0. The average Bonchev–Trinajstić information content (AvgIpc) is 3.17. The first kappa shape index (κ1) is 44.6. The van der Waals surface area contributed by atoms with E-state index in [0.29, 0.717) is 51.4 Å². The van der Waals surface area contributed by atoms with Crippen molar-refractivity contribution in [2.24, 2.45) is 41.4 Å². The zero-order valence-electron chi connectivity index (χ0n) is 34.5. The fourth-order valence-electron chi connectivity index (χ4n) is 10.8. The smallest absolute Gasteiger partial charge is 0.329 e. The van der Waals surface area contributed by atoms with Crippen molar-refractivity contribution in [2.45, 2.75) is 153 Å². The van der Waals surface area contributed by atoms with Crippen molar-refractivity contribution in [3.63, 3.8) is 0 Å². The molecule has 1 amide bonds. The molecule has 2 saturated carbocycles. The molecule has 5 aliphatic rings. The zero-order chi connectivity index (χ0) is 41.1. The van der Waals surface area contributed by atoms with Crippen LogP contribution in [0.15, 0.2) is 24.3 Å². The van der Waals surface area contributed by atoms with Crippen molar-refractivity contribution in [1.29, 1.82) is 0 Å². The number of nitrogens with zero attached hydrogens (tertiary/aromatic N) is 1. The summed E-state index contributed by atoms with van der Waals surface area (Å²) in [5.74, 6) is -8.34. The Morgan fingerprint density at radius 2 is 1.59 bits per heavy atom. The first-order chi connectivity index (χ1) is 26.6. The molecule has 13 heteroatoms. The molecule has 316 valence electrons. The van der Waals surface area contributed by atoms with Gasteiger partial charge in [0.05, 0.1) is 30.5 Å². The van der Waals surface area contributed by atoms with Gasteiger partial charge >= 0.3 is 5.97 Å². The minimum atomic E-state index is -2.51. The van der Waals surface area contributed by atoms with Gasteiger partial charge in [0.1, 0.15) is 24.0 Å². The van der Waals surface area contributed by atoms with Crippen LogP contribution in [0.5, 0.6) is 0 Å². The van der Waals surface area contributed by atoms with E-state index in [1.807, 2.05) is 26.8 Å². The molecule has 5 rings (SSSR count). The molecule has 2 aliphatic carbocycles. The minimum Gasteiger partial charge on any atom is -0.460 e. The Kier molecular flexibility index (Phi) is 15.2. The topological polar surface area (TPSA) is 178 Å². The maximum atomic E-state index is 14.4. The standard InChI is InChI=1S/C43H67NO12/c1-9-12-27-18-23(2)17-24(3)19-33(52-6)39-34(53-7)21-26(5)43(51,56-39)40(48)41(49)44-16-11-10-13-29(44)42(50)55-37-25(4)20-28-14-15-30(45)38(54-8)35(28)36(37)32(47)22-31(27)46/h9,18,24-30,32-39,45,47,51H,1,10-17,19-22H2,2-8H3/b23-18+/t24-,25?,26+,27+,28?,29-,30+,32-,33-,34-,35-,36?,37+,38-,39+,43+/m0/s1. The highest BCUT2D eigenvalue weighted by Gasteiger charge is 2.58. The predicted octanol–water partition coefficient (Wildman–Crippen LogP) is 3.94. The molecule has 0 radical (unpaired) electrons. The summed E-state index contributed by atoms with van der Waals surface area (Å²) in [6, 6.07) is -1.13. The van der Waals surface area contributed by atoms with Crippen LogP contribution in [-0.4, -0.2) is 126 Å². The third-order valence-electron chi connectivity index (χ3n) is 13.7. The van der Waals surface area contributed by atoms with E-state index in [0.717, 1.165) is 5.57 Å². The number of ketones is 2. The number of esters is 1. The molecule has 0 aromatic heterocycles. The van der Waals surface area contributed by atoms with E-state index in [1.54, 1.807) is 13.0 Å². The summed E-state index contributed by atoms with van der Waals surface area (Å²) < 4.78 is 30.2. The fourth-order valence-corrected chi connectivity index (χ4v) is 10.8. The first-order valence-corrected chi connectivity index (χ1v) is 20.8. The van der Waals surface area contributed by atoms with Crippen LogP contribution >= 0.6 is 0 Å². The highest BCUT2D eigenvalue weighted by atomic mass is 16.7. The molecule has 3 aliphatic heterocycles. The van der Waals surface area contributed by atoms with Gasteiger partial charge in [-0.15, -0.1) is 6.58 Å². The van der Waals surface area contributed by atoms with E-state index in [2.05, 4.69) is 6.58 Å². The molecular formula is C43H67NO12. The Bertz CT molecular complexity index is 1450. The predicted molar refractivity (Wildman–Crippen MR) is 206 cm³/mol. The molecule has 3 unspecified atom stereocenters. The van der Waals surface area contributed by atoms with Gasteiger partial charge in [0, 0.05) is 52.0 Å². The van der Waals surface area contributed by atoms with Gasteiger partial charge in [-0.1, -0.05) is 38.5 Å². The lowest BCUT2D eigenvalue weighted by Crippen LogP contribution is -2.64. The largest absolute Gasteiger partial charge is 0.460 e. The Balaban J connectivity index is 1.58. The van der Waals surface area contributed by atoms with Gasteiger partial charge in [-0.25, -0.2) is 4.79 Å². The number of piperidine rings is 1. The molecule has 3 N–H and O–H groups in total. The third-order valence-corrected chi connectivity index (χ3v) is 13.7. The van der Waals surface area contributed by atoms with E-state index in [4.69, 9.17) is 23.7 Å². The lowest BCUT2D eigenvalue weighted by Gasteiger charge is -2.53. The van der Waals surface area contributed by atoms with E-state index < -0.39 is 95.9 Å². The van der Waals surface area contributed by atoms with Crippen molar-refractivity contribution in [3.05, 3.63) is 24.3 Å². The number of amides is 1. The number of methoxy groups -OCH3 is 3. The van der Waals surface area contributed by atoms with Gasteiger partial charge in [0.15, 0.2) is 0 Å². The molecule has 16 atom stereocenters. The Morgan fingerprint density at radius 1 is 0.893 bits per heavy atom. The summed E-state index contributed by atoms with van der Waals surface area (Å²) in [5.41, 5.74) is 0.955. The summed E-state index contributed by atoms with van der Waals surface area (Å²) in [6.07, 6.45) is 2.65. The highest BCUT2D eigenvalue weighted by Crippen LogP contribution is 2.50. The SMILES string of the molecule is C=CC[C@@H]1/C=C(\C)C[C@H](C)C[C@H](OC)[C@H]2O[C@@](O)(C(=O)C(=O)N3CCCC[C@H]3C(=O)O[C@@H]3C(C)CC4CC[C@@H](O)[C@H](OC)[C@@H]4C3[C@@H](O)CC1=O)[C@H](C)C[C@@H]2OC. The van der Waals surface area contributed by atoms with Crippen molar-refractivity contribution in [3.8, 4) is 0 Å². The lowest BCUT2D eigenvalue weighted by molar-refractivity contribution is -0.302. The summed E-state index contributed by atoms with van der Waals surface area (Å²) in [7, 11) is 4.58. The molecule has 56 heavy (non-hydrogen) atoms. The van der Waals surface area contributed by atoms with E-state index in [-0.39, 0.29) is 49.3 Å². The number of Topliss-reactive ketones (excluding diaryl/α,β-unsaturated/α-hetero) is 2. The molecule has 0 aromatic rings.